The van der Waals surface area contributed by atoms with Crippen molar-refractivity contribution in [3.05, 3.63) is 36.5 Å². The van der Waals surface area contributed by atoms with E-state index < -0.39 is 92.7 Å². The summed E-state index contributed by atoms with van der Waals surface area (Å²) in [4.78, 5) is 25.6. The van der Waals surface area contributed by atoms with Crippen molar-refractivity contribution in [2.24, 2.45) is 0 Å². The van der Waals surface area contributed by atoms with Gasteiger partial charge in [-0.25, -0.2) is 0 Å². The van der Waals surface area contributed by atoms with Gasteiger partial charge in [-0.2, -0.15) is 0 Å². The van der Waals surface area contributed by atoms with Gasteiger partial charge in [-0.15, -0.1) is 0 Å². The van der Waals surface area contributed by atoms with Crippen molar-refractivity contribution in [1.29, 1.82) is 0 Å². The molecule has 0 aliphatic carbocycles. The molecule has 0 unspecified atom stereocenters. The van der Waals surface area contributed by atoms with Crippen LogP contribution in [-0.2, 0) is 38.0 Å². The van der Waals surface area contributed by atoms with Crippen LogP contribution in [0.25, 0.3) is 0 Å². The molecule has 0 aromatic rings. The second-order valence-electron chi connectivity index (χ2n) is 16.6. The number of carbonyl (C=O) groups is 2. The van der Waals surface area contributed by atoms with Crippen LogP contribution in [-0.4, -0.2) is 142 Å². The van der Waals surface area contributed by atoms with Gasteiger partial charge in [-0.3, -0.25) is 9.59 Å². The first-order chi connectivity index (χ1) is 30.0. The summed E-state index contributed by atoms with van der Waals surface area (Å²) in [6, 6.07) is 0. The van der Waals surface area contributed by atoms with E-state index in [1.165, 1.54) is 44.9 Å². The van der Waals surface area contributed by atoms with Crippen LogP contribution < -0.4 is 0 Å². The first-order valence-corrected chi connectivity index (χ1v) is 23.6. The third-order valence-corrected chi connectivity index (χ3v) is 11.1. The van der Waals surface area contributed by atoms with Gasteiger partial charge < -0.3 is 64.2 Å². The SMILES string of the molecule is CC/C=C\C/C=C\C/C=C\CCCCCCCC(=O)OC[C@H](CO[C@@H]1O[C@H](CO[C@H]2O[C@H](CO)[C@H](O)[C@H](O)[C@H]2O)[C@H](O)[C@H](O)[C@H]1O)OC(=O)CCCCCCCCCCCCC. The van der Waals surface area contributed by atoms with E-state index in [0.29, 0.717) is 12.8 Å². The third kappa shape index (κ3) is 23.6. The zero-order valence-corrected chi connectivity index (χ0v) is 37.6. The summed E-state index contributed by atoms with van der Waals surface area (Å²) in [5, 5.41) is 71.9. The molecule has 15 heteroatoms. The van der Waals surface area contributed by atoms with Crippen molar-refractivity contribution in [1.82, 2.24) is 0 Å². The Morgan fingerprint density at radius 3 is 1.60 bits per heavy atom. The number of ether oxygens (including phenoxy) is 6. The van der Waals surface area contributed by atoms with Crippen molar-refractivity contribution in [3.63, 3.8) is 0 Å². The van der Waals surface area contributed by atoms with Crippen LogP contribution in [0.2, 0.25) is 0 Å². The van der Waals surface area contributed by atoms with Crippen molar-refractivity contribution in [2.45, 2.75) is 223 Å². The van der Waals surface area contributed by atoms with E-state index >= 15 is 0 Å². The molecule has 2 aliphatic heterocycles. The maximum Gasteiger partial charge on any atom is 0.306 e. The van der Waals surface area contributed by atoms with Crippen LogP contribution in [0.4, 0.5) is 0 Å². The zero-order valence-electron chi connectivity index (χ0n) is 37.6. The molecule has 11 atom stereocenters. The normalized spacial score (nSPS) is 27.4. The Hall–Kier alpha value is -2.28. The second-order valence-corrected chi connectivity index (χ2v) is 16.6. The van der Waals surface area contributed by atoms with Gasteiger partial charge in [0.1, 0.15) is 55.4 Å². The molecule has 2 fully saturated rings. The van der Waals surface area contributed by atoms with Crippen LogP contribution in [0.5, 0.6) is 0 Å². The van der Waals surface area contributed by atoms with Crippen LogP contribution in [0.15, 0.2) is 36.5 Å². The highest BCUT2D eigenvalue weighted by atomic mass is 16.7. The number of aliphatic hydroxyl groups excluding tert-OH is 7. The molecule has 7 N–H and O–H groups in total. The van der Waals surface area contributed by atoms with Gasteiger partial charge in [0.15, 0.2) is 18.7 Å². The van der Waals surface area contributed by atoms with Crippen molar-refractivity contribution >= 4 is 11.9 Å². The lowest BCUT2D eigenvalue weighted by Crippen LogP contribution is -2.61. The highest BCUT2D eigenvalue weighted by molar-refractivity contribution is 5.70. The predicted octanol–water partition coefficient (Wildman–Crippen LogP) is 5.37. The average molecular weight is 887 g/mol. The summed E-state index contributed by atoms with van der Waals surface area (Å²) in [5.41, 5.74) is 0. The summed E-state index contributed by atoms with van der Waals surface area (Å²) in [7, 11) is 0. The van der Waals surface area contributed by atoms with Crippen molar-refractivity contribution < 1.29 is 73.8 Å². The number of esters is 2. The second kappa shape index (κ2) is 35.0. The third-order valence-electron chi connectivity index (χ3n) is 11.1. The predicted molar refractivity (Wildman–Crippen MR) is 234 cm³/mol. The standard InChI is InChI=1S/C47H82O15/c1-3-5-7-9-11-13-15-16-17-18-20-21-23-25-27-29-38(49)57-32-35(60-39(50)30-28-26-24-22-19-14-12-10-8-6-4-2)33-58-46-45(56)43(54)41(52)37(62-46)34-59-47-44(55)42(53)40(51)36(31-48)61-47/h5,7,11,13,16-17,35-37,40-48,51-56H,3-4,6,8-10,12,14-15,18-34H2,1-2H3/b7-5-,13-11-,17-16-/t35-,36-,37-,40+,41+,42+,43+,44-,45-,46-,47+/m1/s1. The molecule has 2 aliphatic rings. The lowest BCUT2D eigenvalue weighted by Gasteiger charge is -2.42. The van der Waals surface area contributed by atoms with E-state index in [-0.39, 0.29) is 26.1 Å². The summed E-state index contributed by atoms with van der Waals surface area (Å²) >= 11 is 0. The Labute approximate surface area is 370 Å². The minimum absolute atomic E-state index is 0.163. The van der Waals surface area contributed by atoms with Crippen LogP contribution >= 0.6 is 0 Å². The maximum atomic E-state index is 12.9. The van der Waals surface area contributed by atoms with Gasteiger partial charge in [0.2, 0.25) is 0 Å². The number of carbonyl (C=O) groups excluding carboxylic acids is 2. The largest absolute Gasteiger partial charge is 0.462 e. The van der Waals surface area contributed by atoms with E-state index in [4.69, 9.17) is 28.4 Å². The molecule has 2 rings (SSSR count). The van der Waals surface area contributed by atoms with Crippen LogP contribution in [0.1, 0.15) is 155 Å². The number of unbranched alkanes of at least 4 members (excludes halogenated alkanes) is 15. The van der Waals surface area contributed by atoms with Gasteiger partial charge in [-0.1, -0.05) is 134 Å². The Morgan fingerprint density at radius 1 is 0.532 bits per heavy atom. The molecule has 0 spiro atoms. The highest BCUT2D eigenvalue weighted by Gasteiger charge is 2.47. The van der Waals surface area contributed by atoms with Crippen LogP contribution in [0.3, 0.4) is 0 Å². The maximum absolute atomic E-state index is 12.9. The van der Waals surface area contributed by atoms with E-state index in [9.17, 15) is 45.3 Å². The van der Waals surface area contributed by atoms with Crippen molar-refractivity contribution in [2.75, 3.05) is 26.4 Å². The van der Waals surface area contributed by atoms with Crippen LogP contribution in [0, 0.1) is 0 Å². The van der Waals surface area contributed by atoms with Gasteiger partial charge in [-0.05, 0) is 44.9 Å². The topological polar surface area (TPSA) is 231 Å². The van der Waals surface area contributed by atoms with E-state index in [2.05, 4.69) is 50.3 Å². The molecule has 0 saturated carbocycles. The molecule has 15 nitrogen and oxygen atoms in total. The molecule has 0 amide bonds. The molecular weight excluding hydrogens is 805 g/mol. The summed E-state index contributed by atoms with van der Waals surface area (Å²) in [6.45, 7) is 2.43. The fourth-order valence-corrected chi connectivity index (χ4v) is 7.23. The first-order valence-electron chi connectivity index (χ1n) is 23.6. The Kier molecular flexibility index (Phi) is 31.6. The number of allylic oxidation sites excluding steroid dienone is 6. The first kappa shape index (κ1) is 55.9. The molecular formula is C47H82O15. The molecule has 2 saturated heterocycles. The lowest BCUT2D eigenvalue weighted by atomic mass is 9.98. The number of rotatable bonds is 35. The summed E-state index contributed by atoms with van der Waals surface area (Å²) in [6.07, 6.45) is 17.6. The smallest absolute Gasteiger partial charge is 0.306 e. The lowest BCUT2D eigenvalue weighted by molar-refractivity contribution is -0.332. The molecule has 360 valence electrons. The number of hydrogen-bond acceptors (Lipinski definition) is 15. The molecule has 0 radical (unpaired) electrons. The minimum atomic E-state index is -1.76. The van der Waals surface area contributed by atoms with Gasteiger partial charge >= 0.3 is 11.9 Å². The molecule has 0 aromatic carbocycles. The Morgan fingerprint density at radius 2 is 1.02 bits per heavy atom. The molecule has 0 aromatic heterocycles. The van der Waals surface area contributed by atoms with E-state index in [1.54, 1.807) is 0 Å². The van der Waals surface area contributed by atoms with Gasteiger partial charge in [0.05, 0.1) is 19.8 Å². The Balaban J connectivity index is 1.84. The highest BCUT2D eigenvalue weighted by Crippen LogP contribution is 2.26. The number of hydrogen-bond donors (Lipinski definition) is 7. The minimum Gasteiger partial charge on any atom is -0.462 e. The molecule has 2 heterocycles. The van der Waals surface area contributed by atoms with Gasteiger partial charge in [0, 0.05) is 12.8 Å². The fourth-order valence-electron chi connectivity index (χ4n) is 7.23. The zero-order chi connectivity index (χ0) is 45.4. The molecule has 62 heavy (non-hydrogen) atoms. The summed E-state index contributed by atoms with van der Waals surface area (Å²) < 4.78 is 33.4. The molecule has 0 bridgehead atoms. The van der Waals surface area contributed by atoms with E-state index in [0.717, 1.165) is 70.6 Å². The van der Waals surface area contributed by atoms with E-state index in [1.807, 2.05) is 0 Å². The Bertz CT molecular complexity index is 1230. The monoisotopic (exact) mass is 887 g/mol. The van der Waals surface area contributed by atoms with Gasteiger partial charge in [0.25, 0.3) is 0 Å². The average Bonchev–Trinajstić information content (AvgIpc) is 3.26. The number of aliphatic hydroxyl groups is 7. The quantitative estimate of drug-likeness (QED) is 0.0241. The summed E-state index contributed by atoms with van der Waals surface area (Å²) in [5.74, 6) is -0.946. The van der Waals surface area contributed by atoms with Crippen molar-refractivity contribution in [3.8, 4) is 0 Å². The fraction of sp³-hybridized carbons (Fsp3) is 0.830.